The first kappa shape index (κ1) is 23.7. The number of aliphatic hydroxyl groups excluding tert-OH is 1. The summed E-state index contributed by atoms with van der Waals surface area (Å²) in [5.74, 6) is -0.484. The first-order valence-corrected chi connectivity index (χ1v) is 10.5. The minimum Gasteiger partial charge on any atom is -0.504 e. The van der Waals surface area contributed by atoms with E-state index >= 15 is 0 Å². The average Bonchev–Trinajstić information content (AvgIpc) is 2.71. The Morgan fingerprint density at radius 1 is 0.867 bits per heavy atom. The molecule has 166 valence electrons. The quantitative estimate of drug-likeness (QED) is 0.384. The van der Waals surface area contributed by atoms with Crippen molar-refractivity contribution in [2.75, 3.05) is 27.4 Å². The molecule has 9 nitrogen and oxygen atoms in total. The van der Waals surface area contributed by atoms with Crippen LogP contribution in [-0.2, 0) is 27.4 Å². The molecule has 10 heteroatoms. The van der Waals surface area contributed by atoms with Crippen molar-refractivity contribution < 1.29 is 41.9 Å². The monoisotopic (exact) mass is 442 g/mol. The molecule has 0 saturated carbocycles. The highest BCUT2D eigenvalue weighted by Gasteiger charge is 2.25. The second-order valence-electron chi connectivity index (χ2n) is 6.84. The number of aliphatic hydroxyl groups is 1. The van der Waals surface area contributed by atoms with Gasteiger partial charge in [0.1, 0.15) is 0 Å². The minimum absolute atomic E-state index is 0.0238. The van der Waals surface area contributed by atoms with Crippen LogP contribution in [-0.4, -0.2) is 55.7 Å². The van der Waals surface area contributed by atoms with Gasteiger partial charge < -0.3 is 24.8 Å². The molecule has 0 fully saturated rings. The molecular weight excluding hydrogens is 416 g/mol. The molecule has 30 heavy (non-hydrogen) atoms. The van der Waals surface area contributed by atoms with E-state index in [0.717, 1.165) is 11.1 Å². The van der Waals surface area contributed by atoms with Crippen LogP contribution in [0.4, 0.5) is 0 Å². The molecule has 2 aromatic rings. The zero-order chi connectivity index (χ0) is 22.3. The van der Waals surface area contributed by atoms with Gasteiger partial charge in [0, 0.05) is 6.61 Å². The van der Waals surface area contributed by atoms with Crippen molar-refractivity contribution in [2.24, 2.45) is 11.8 Å². The van der Waals surface area contributed by atoms with E-state index in [2.05, 4.69) is 4.18 Å². The summed E-state index contributed by atoms with van der Waals surface area (Å²) in [7, 11) is -1.83. The predicted molar refractivity (Wildman–Crippen MR) is 108 cm³/mol. The van der Waals surface area contributed by atoms with E-state index in [4.69, 9.17) is 14.0 Å². The molecule has 0 spiro atoms. The number of ether oxygens (including phenoxy) is 2. The third-order valence-corrected chi connectivity index (χ3v) is 5.25. The highest BCUT2D eigenvalue weighted by atomic mass is 32.3. The molecule has 2 rings (SSSR count). The Hall–Kier alpha value is -2.53. The van der Waals surface area contributed by atoms with Crippen molar-refractivity contribution in [1.82, 2.24) is 0 Å². The highest BCUT2D eigenvalue weighted by Crippen LogP contribution is 2.31. The predicted octanol–water partition coefficient (Wildman–Crippen LogP) is 1.94. The minimum atomic E-state index is -4.66. The Balaban J connectivity index is 2.28. The maximum Gasteiger partial charge on any atom is 0.397 e. The summed E-state index contributed by atoms with van der Waals surface area (Å²) in [5, 5.41) is 29.5. The Labute approximate surface area is 175 Å². The molecule has 2 unspecified atom stereocenters. The lowest BCUT2D eigenvalue weighted by Crippen LogP contribution is -2.28. The zero-order valence-electron chi connectivity index (χ0n) is 16.7. The normalized spacial score (nSPS) is 13.6. The van der Waals surface area contributed by atoms with Crippen molar-refractivity contribution in [1.29, 1.82) is 0 Å². The van der Waals surface area contributed by atoms with Gasteiger partial charge in [0.2, 0.25) is 0 Å². The van der Waals surface area contributed by atoms with Gasteiger partial charge in [-0.3, -0.25) is 4.55 Å². The number of hydrogen-bond acceptors (Lipinski definition) is 8. The molecule has 0 heterocycles. The number of methoxy groups -OCH3 is 2. The molecule has 2 aromatic carbocycles. The van der Waals surface area contributed by atoms with Gasteiger partial charge in [-0.05, 0) is 60.1 Å². The van der Waals surface area contributed by atoms with Crippen LogP contribution in [0.3, 0.4) is 0 Å². The van der Waals surface area contributed by atoms with Gasteiger partial charge in [0.05, 0.1) is 20.8 Å². The molecule has 0 aliphatic carbocycles. The van der Waals surface area contributed by atoms with Gasteiger partial charge in [0.15, 0.2) is 23.0 Å². The van der Waals surface area contributed by atoms with Gasteiger partial charge in [-0.2, -0.15) is 8.42 Å². The van der Waals surface area contributed by atoms with Crippen LogP contribution in [0, 0.1) is 11.8 Å². The summed E-state index contributed by atoms with van der Waals surface area (Å²) in [6.45, 7) is -0.639. The average molecular weight is 442 g/mol. The molecule has 0 amide bonds. The summed E-state index contributed by atoms with van der Waals surface area (Å²) < 4.78 is 46.0. The maximum absolute atomic E-state index is 11.1. The van der Waals surface area contributed by atoms with Crippen molar-refractivity contribution >= 4 is 10.4 Å². The van der Waals surface area contributed by atoms with Gasteiger partial charge >= 0.3 is 10.4 Å². The van der Waals surface area contributed by atoms with Crippen molar-refractivity contribution in [2.45, 2.75) is 12.8 Å². The summed E-state index contributed by atoms with van der Waals surface area (Å²) in [6, 6.07) is 9.47. The van der Waals surface area contributed by atoms with Crippen LogP contribution in [0.15, 0.2) is 36.4 Å². The molecule has 0 radical (unpaired) electrons. The van der Waals surface area contributed by atoms with Gasteiger partial charge in [0.25, 0.3) is 0 Å². The van der Waals surface area contributed by atoms with Crippen LogP contribution in [0.25, 0.3) is 0 Å². The topological polar surface area (TPSA) is 143 Å². The summed E-state index contributed by atoms with van der Waals surface area (Å²) in [4.78, 5) is 0. The fraction of sp³-hybridized carbons (Fsp3) is 0.400. The van der Waals surface area contributed by atoms with Crippen molar-refractivity contribution in [3.8, 4) is 23.0 Å². The zero-order valence-corrected chi connectivity index (χ0v) is 17.5. The number of phenols is 2. The SMILES string of the molecule is COc1cc(CC(CO)C(COS(=O)(=O)O)Cc2ccc(O)c(OC)c2)ccc1O. The van der Waals surface area contributed by atoms with Crippen molar-refractivity contribution in [3.05, 3.63) is 47.5 Å². The summed E-state index contributed by atoms with van der Waals surface area (Å²) in [6.07, 6.45) is 0.620. The standard InChI is InChI=1S/C20H26O9S/c1-27-19-9-13(3-5-17(19)22)7-15(11-21)16(12-29-30(24,25)26)8-14-4-6-18(23)20(10-14)28-2/h3-6,9-10,15-16,21-23H,7-8,11-12H2,1-2H3,(H,24,25,26). The maximum atomic E-state index is 11.1. The van der Waals surface area contributed by atoms with E-state index in [0.29, 0.717) is 6.42 Å². The molecule has 4 N–H and O–H groups in total. The van der Waals surface area contributed by atoms with Gasteiger partial charge in [-0.1, -0.05) is 12.1 Å². The Kier molecular flexibility index (Phi) is 8.30. The summed E-state index contributed by atoms with van der Waals surface area (Å²) >= 11 is 0. The Morgan fingerprint density at radius 2 is 1.33 bits per heavy atom. The van der Waals surface area contributed by atoms with E-state index in [-0.39, 0.29) is 42.6 Å². The lowest BCUT2D eigenvalue weighted by atomic mass is 9.83. The third-order valence-electron chi connectivity index (χ3n) is 4.82. The highest BCUT2D eigenvalue weighted by molar-refractivity contribution is 7.80. The number of aromatic hydroxyl groups is 2. The van der Waals surface area contributed by atoms with Crippen LogP contribution >= 0.6 is 0 Å². The Bertz CT molecular complexity index is 943. The Morgan fingerprint density at radius 3 is 1.73 bits per heavy atom. The van der Waals surface area contributed by atoms with Crippen LogP contribution in [0.5, 0.6) is 23.0 Å². The summed E-state index contributed by atoms with van der Waals surface area (Å²) in [5.41, 5.74) is 1.47. The molecule has 0 aliphatic heterocycles. The number of phenolic OH excluding ortho intramolecular Hbond substituents is 2. The third kappa shape index (κ3) is 6.77. The molecule has 0 saturated heterocycles. The lowest BCUT2D eigenvalue weighted by molar-refractivity contribution is 0.125. The van der Waals surface area contributed by atoms with Gasteiger partial charge in [-0.25, -0.2) is 4.18 Å². The molecule has 0 aliphatic rings. The van der Waals surface area contributed by atoms with Crippen LogP contribution in [0.1, 0.15) is 11.1 Å². The number of hydrogen-bond donors (Lipinski definition) is 4. The van der Waals surface area contributed by atoms with E-state index in [1.165, 1.54) is 26.4 Å². The largest absolute Gasteiger partial charge is 0.504 e. The van der Waals surface area contributed by atoms with Crippen molar-refractivity contribution in [3.63, 3.8) is 0 Å². The van der Waals surface area contributed by atoms with Crippen LogP contribution < -0.4 is 9.47 Å². The number of benzene rings is 2. The fourth-order valence-electron chi connectivity index (χ4n) is 3.22. The van der Waals surface area contributed by atoms with E-state index < -0.39 is 22.2 Å². The van der Waals surface area contributed by atoms with Gasteiger partial charge in [-0.15, -0.1) is 0 Å². The second-order valence-corrected chi connectivity index (χ2v) is 7.93. The molecule has 2 atom stereocenters. The van der Waals surface area contributed by atoms with E-state index in [1.54, 1.807) is 24.3 Å². The lowest BCUT2D eigenvalue weighted by Gasteiger charge is -2.25. The number of rotatable bonds is 11. The first-order valence-electron chi connectivity index (χ1n) is 9.11. The van der Waals surface area contributed by atoms with Crippen LogP contribution in [0.2, 0.25) is 0 Å². The molecule has 0 bridgehead atoms. The second kappa shape index (κ2) is 10.5. The first-order chi connectivity index (χ1) is 14.2. The molecule has 0 aromatic heterocycles. The van der Waals surface area contributed by atoms with E-state index in [9.17, 15) is 23.7 Å². The molecular formula is C20H26O9S. The fourth-order valence-corrected chi connectivity index (χ4v) is 3.57. The smallest absolute Gasteiger partial charge is 0.397 e. The van der Waals surface area contributed by atoms with E-state index in [1.807, 2.05) is 0 Å².